The molecule has 28 heavy (non-hydrogen) atoms. The molecule has 4 rings (SSSR count). The first-order chi connectivity index (χ1) is 13.4. The van der Waals surface area contributed by atoms with E-state index in [0.29, 0.717) is 16.7 Å². The van der Waals surface area contributed by atoms with E-state index in [1.54, 1.807) is 28.9 Å². The largest absolute Gasteiger partial charge is 0.289 e. The Morgan fingerprint density at radius 2 is 1.64 bits per heavy atom. The number of hydrogen-bond acceptors (Lipinski definition) is 4. The highest BCUT2D eigenvalue weighted by atomic mass is 16.2. The topological polar surface area (TPSA) is 93.1 Å². The molecule has 2 amide bonds. The molecule has 1 heterocycles. The van der Waals surface area contributed by atoms with E-state index in [1.165, 1.54) is 0 Å². The van der Waals surface area contributed by atoms with Crippen LogP contribution in [-0.2, 0) is 11.3 Å². The average Bonchev–Trinajstić information content (AvgIpc) is 3.16. The van der Waals surface area contributed by atoms with Crippen molar-refractivity contribution >= 4 is 17.6 Å². The van der Waals surface area contributed by atoms with Gasteiger partial charge in [-0.15, -0.1) is 0 Å². The molecular weight excluding hydrogens is 356 g/mol. The molecule has 140 valence electrons. The third kappa shape index (κ3) is 3.07. The third-order valence-electron chi connectivity index (χ3n) is 4.70. The number of fused-ring (bicyclic) bond motifs is 3. The molecule has 0 atom stereocenters. The van der Waals surface area contributed by atoms with Crippen molar-refractivity contribution in [3.63, 3.8) is 0 Å². The number of carbonyl (C=O) groups excluding carboxylic acids is 3. The van der Waals surface area contributed by atoms with Gasteiger partial charge in [0.1, 0.15) is 6.54 Å². The van der Waals surface area contributed by atoms with E-state index in [2.05, 4.69) is 16.0 Å². The van der Waals surface area contributed by atoms with Crippen molar-refractivity contribution in [2.75, 3.05) is 0 Å². The molecule has 0 fully saturated rings. The normalized spacial score (nSPS) is 11.7. The number of carbonyl (C=O) groups is 3. The lowest BCUT2D eigenvalue weighted by atomic mass is 10.0. The smallest absolute Gasteiger partial charge is 0.269 e. The summed E-state index contributed by atoms with van der Waals surface area (Å²) in [4.78, 5) is 37.0. The van der Waals surface area contributed by atoms with E-state index in [9.17, 15) is 14.4 Å². The molecule has 0 spiro atoms. The van der Waals surface area contributed by atoms with Crippen LogP contribution in [0, 0.1) is 13.8 Å². The molecule has 1 aromatic heterocycles. The monoisotopic (exact) mass is 374 g/mol. The van der Waals surface area contributed by atoms with Crippen LogP contribution < -0.4 is 10.9 Å². The highest BCUT2D eigenvalue weighted by molar-refractivity contribution is 6.22. The number of aryl methyl sites for hydroxylation is 2. The van der Waals surface area contributed by atoms with Gasteiger partial charge < -0.3 is 0 Å². The quantitative estimate of drug-likeness (QED) is 0.538. The van der Waals surface area contributed by atoms with Gasteiger partial charge in [-0.2, -0.15) is 5.10 Å². The second kappa shape index (κ2) is 6.77. The highest BCUT2D eigenvalue weighted by Gasteiger charge is 2.27. The Bertz CT molecular complexity index is 1130. The summed E-state index contributed by atoms with van der Waals surface area (Å²) in [6, 6.07) is 14.2. The lowest BCUT2D eigenvalue weighted by molar-refractivity contribution is -0.122. The van der Waals surface area contributed by atoms with Gasteiger partial charge in [0, 0.05) is 22.4 Å². The zero-order valence-electron chi connectivity index (χ0n) is 15.4. The van der Waals surface area contributed by atoms with Crippen molar-refractivity contribution in [1.29, 1.82) is 0 Å². The van der Waals surface area contributed by atoms with Crippen molar-refractivity contribution in [3.05, 3.63) is 76.6 Å². The van der Waals surface area contributed by atoms with Crippen molar-refractivity contribution in [2.24, 2.45) is 0 Å². The number of nitrogens with zero attached hydrogens (tertiary/aromatic N) is 2. The molecule has 0 radical (unpaired) electrons. The average molecular weight is 374 g/mol. The Morgan fingerprint density at radius 1 is 0.929 bits per heavy atom. The van der Waals surface area contributed by atoms with Crippen LogP contribution >= 0.6 is 0 Å². The van der Waals surface area contributed by atoms with Gasteiger partial charge in [-0.05, 0) is 43.2 Å². The van der Waals surface area contributed by atoms with E-state index in [4.69, 9.17) is 0 Å². The number of nitrogens with one attached hydrogen (secondary N) is 2. The second-order valence-electron chi connectivity index (χ2n) is 6.72. The lowest BCUT2D eigenvalue weighted by Gasteiger charge is -2.09. The molecule has 1 aliphatic rings. The van der Waals surface area contributed by atoms with Crippen LogP contribution in [-0.4, -0.2) is 27.4 Å². The Labute approximate surface area is 161 Å². The van der Waals surface area contributed by atoms with Gasteiger partial charge in [0.15, 0.2) is 5.78 Å². The fraction of sp³-hybridized carbons (Fsp3) is 0.143. The number of hydrogen-bond donors (Lipinski definition) is 2. The fourth-order valence-electron chi connectivity index (χ4n) is 3.38. The summed E-state index contributed by atoms with van der Waals surface area (Å²) < 4.78 is 1.56. The highest BCUT2D eigenvalue weighted by Crippen LogP contribution is 2.36. The molecule has 0 bridgehead atoms. The minimum Gasteiger partial charge on any atom is -0.289 e. The second-order valence-corrected chi connectivity index (χ2v) is 6.72. The first-order valence-corrected chi connectivity index (χ1v) is 8.82. The van der Waals surface area contributed by atoms with Gasteiger partial charge in [0.25, 0.3) is 11.8 Å². The number of ketones is 1. The minimum absolute atomic E-state index is 0.00205. The van der Waals surface area contributed by atoms with Gasteiger partial charge >= 0.3 is 0 Å². The molecule has 0 saturated heterocycles. The number of benzene rings is 2. The summed E-state index contributed by atoms with van der Waals surface area (Å²) in [5.41, 5.74) is 9.53. The number of rotatable bonds is 3. The van der Waals surface area contributed by atoms with E-state index in [1.807, 2.05) is 38.1 Å². The molecule has 0 saturated carbocycles. The van der Waals surface area contributed by atoms with E-state index in [-0.39, 0.29) is 12.3 Å². The van der Waals surface area contributed by atoms with Crippen LogP contribution in [0.15, 0.2) is 48.5 Å². The Morgan fingerprint density at radius 3 is 2.36 bits per heavy atom. The van der Waals surface area contributed by atoms with Crippen LogP contribution in [0.1, 0.15) is 37.7 Å². The lowest BCUT2D eigenvalue weighted by Crippen LogP contribution is -2.43. The first-order valence-electron chi connectivity index (χ1n) is 8.82. The maximum atomic E-state index is 12.6. The van der Waals surface area contributed by atoms with Gasteiger partial charge in [0.05, 0.1) is 5.69 Å². The Balaban J connectivity index is 1.44. The summed E-state index contributed by atoms with van der Waals surface area (Å²) in [5.74, 6) is -0.994. The van der Waals surface area contributed by atoms with Gasteiger partial charge in [0.2, 0.25) is 0 Å². The predicted octanol–water partition coefficient (Wildman–Crippen LogP) is 2.17. The number of hydrazine groups is 1. The van der Waals surface area contributed by atoms with Gasteiger partial charge in [-0.25, -0.2) is 0 Å². The molecule has 1 aliphatic carbocycles. The van der Waals surface area contributed by atoms with Crippen molar-refractivity contribution in [1.82, 2.24) is 20.6 Å². The van der Waals surface area contributed by atoms with Gasteiger partial charge in [-0.1, -0.05) is 30.3 Å². The zero-order valence-corrected chi connectivity index (χ0v) is 15.4. The van der Waals surface area contributed by atoms with E-state index in [0.717, 1.165) is 22.5 Å². The Kier molecular flexibility index (Phi) is 4.27. The van der Waals surface area contributed by atoms with Crippen molar-refractivity contribution in [3.8, 4) is 11.1 Å². The molecule has 2 aromatic carbocycles. The molecular formula is C21H18N4O3. The van der Waals surface area contributed by atoms with Crippen molar-refractivity contribution in [2.45, 2.75) is 20.4 Å². The molecule has 3 aromatic rings. The molecule has 7 heteroatoms. The fourth-order valence-corrected chi connectivity index (χ4v) is 3.38. The summed E-state index contributed by atoms with van der Waals surface area (Å²) in [6.07, 6.45) is 0. The maximum absolute atomic E-state index is 12.6. The van der Waals surface area contributed by atoms with E-state index < -0.39 is 11.8 Å². The zero-order chi connectivity index (χ0) is 19.8. The standard InChI is InChI=1S/C21H18N4O3/c1-12-9-13(2)25(24-12)11-19(26)22-23-21(28)14-7-8-16-15-5-3-4-6-17(15)20(27)18(16)10-14/h3-10H,11H2,1-2H3,(H,22,26)(H,23,28). The summed E-state index contributed by atoms with van der Waals surface area (Å²) in [7, 11) is 0. The Hall–Kier alpha value is -3.74. The molecule has 7 nitrogen and oxygen atoms in total. The summed E-state index contributed by atoms with van der Waals surface area (Å²) in [6.45, 7) is 3.69. The molecule has 0 aliphatic heterocycles. The van der Waals surface area contributed by atoms with E-state index >= 15 is 0 Å². The first kappa shape index (κ1) is 17.7. The predicted molar refractivity (Wildman–Crippen MR) is 103 cm³/mol. The minimum atomic E-state index is -0.492. The van der Waals surface area contributed by atoms with Crippen molar-refractivity contribution < 1.29 is 14.4 Å². The number of amides is 2. The molecule has 0 unspecified atom stereocenters. The maximum Gasteiger partial charge on any atom is 0.269 e. The third-order valence-corrected chi connectivity index (χ3v) is 4.70. The SMILES string of the molecule is Cc1cc(C)n(CC(=O)NNC(=O)c2ccc3c(c2)C(=O)c2ccccc2-3)n1. The van der Waals surface area contributed by atoms with Crippen LogP contribution in [0.4, 0.5) is 0 Å². The van der Waals surface area contributed by atoms with Crippen LogP contribution in [0.2, 0.25) is 0 Å². The summed E-state index contributed by atoms with van der Waals surface area (Å²) >= 11 is 0. The van der Waals surface area contributed by atoms with Crippen LogP contribution in [0.5, 0.6) is 0 Å². The van der Waals surface area contributed by atoms with Crippen LogP contribution in [0.25, 0.3) is 11.1 Å². The summed E-state index contributed by atoms with van der Waals surface area (Å²) in [5, 5.41) is 4.21. The van der Waals surface area contributed by atoms with Gasteiger partial charge in [-0.3, -0.25) is 29.9 Å². The van der Waals surface area contributed by atoms with Crippen LogP contribution in [0.3, 0.4) is 0 Å². The molecule has 2 N–H and O–H groups in total. The number of aromatic nitrogens is 2.